The standard InChI is InChI=1S/C15H31N3O2/c1-5-10-18(11-6-2)14(20)9-7-8-13(19)17-12-15(3,4)16/h5-12,16H2,1-4H3,(H,17,19). The van der Waals surface area contributed by atoms with Crippen LogP contribution in [0.25, 0.3) is 0 Å². The minimum Gasteiger partial charge on any atom is -0.354 e. The molecule has 0 aromatic rings. The predicted octanol–water partition coefficient (Wildman–Crippen LogP) is 1.66. The number of rotatable bonds is 10. The molecule has 0 aromatic carbocycles. The summed E-state index contributed by atoms with van der Waals surface area (Å²) in [5.41, 5.74) is 5.39. The van der Waals surface area contributed by atoms with Gasteiger partial charge < -0.3 is 16.0 Å². The molecular weight excluding hydrogens is 254 g/mol. The smallest absolute Gasteiger partial charge is 0.222 e. The number of nitrogens with two attached hydrogens (primary N) is 1. The molecule has 0 aromatic heterocycles. The zero-order valence-corrected chi connectivity index (χ0v) is 13.5. The van der Waals surface area contributed by atoms with Crippen molar-refractivity contribution in [3.63, 3.8) is 0 Å². The lowest BCUT2D eigenvalue weighted by molar-refractivity contribution is -0.131. The number of nitrogens with one attached hydrogen (secondary N) is 1. The first-order valence-corrected chi connectivity index (χ1v) is 7.63. The summed E-state index contributed by atoms with van der Waals surface area (Å²) in [6.07, 6.45) is 3.36. The summed E-state index contributed by atoms with van der Waals surface area (Å²) in [7, 11) is 0. The fraction of sp³-hybridized carbons (Fsp3) is 0.867. The first-order valence-electron chi connectivity index (χ1n) is 7.63. The Morgan fingerprint density at radius 3 is 2.10 bits per heavy atom. The highest BCUT2D eigenvalue weighted by molar-refractivity contribution is 5.79. The van der Waals surface area contributed by atoms with E-state index in [0.29, 0.717) is 25.8 Å². The van der Waals surface area contributed by atoms with E-state index in [1.165, 1.54) is 0 Å². The van der Waals surface area contributed by atoms with Gasteiger partial charge >= 0.3 is 0 Å². The lowest BCUT2D eigenvalue weighted by atomic mass is 10.1. The summed E-state index contributed by atoms with van der Waals surface area (Å²) < 4.78 is 0. The van der Waals surface area contributed by atoms with Gasteiger partial charge in [0.05, 0.1) is 0 Å². The molecule has 2 amide bonds. The molecule has 3 N–H and O–H groups in total. The molecule has 0 atom stereocenters. The van der Waals surface area contributed by atoms with E-state index < -0.39 is 5.54 Å². The summed E-state index contributed by atoms with van der Waals surface area (Å²) >= 11 is 0. The van der Waals surface area contributed by atoms with Gasteiger partial charge in [0.1, 0.15) is 0 Å². The third-order valence-corrected chi connectivity index (χ3v) is 2.88. The molecule has 0 aliphatic rings. The Bertz CT molecular complexity index is 292. The van der Waals surface area contributed by atoms with Crippen molar-refractivity contribution in [3.8, 4) is 0 Å². The van der Waals surface area contributed by atoms with E-state index in [2.05, 4.69) is 19.2 Å². The van der Waals surface area contributed by atoms with Gasteiger partial charge in [-0.1, -0.05) is 13.8 Å². The van der Waals surface area contributed by atoms with E-state index in [1.54, 1.807) is 0 Å². The van der Waals surface area contributed by atoms with Crippen molar-refractivity contribution in [2.75, 3.05) is 19.6 Å². The lowest BCUT2D eigenvalue weighted by Gasteiger charge is -2.21. The molecule has 0 spiro atoms. The van der Waals surface area contributed by atoms with Crippen LogP contribution < -0.4 is 11.1 Å². The van der Waals surface area contributed by atoms with Gasteiger partial charge in [-0.2, -0.15) is 0 Å². The second-order valence-corrected chi connectivity index (χ2v) is 6.00. The molecule has 5 nitrogen and oxygen atoms in total. The maximum atomic E-state index is 12.0. The van der Waals surface area contributed by atoms with Gasteiger partial charge in [-0.3, -0.25) is 9.59 Å². The van der Waals surface area contributed by atoms with E-state index in [-0.39, 0.29) is 11.8 Å². The number of nitrogens with zero attached hydrogens (tertiary/aromatic N) is 1. The highest BCUT2D eigenvalue weighted by Crippen LogP contribution is 2.04. The number of carbonyl (C=O) groups is 2. The Morgan fingerprint density at radius 1 is 1.10 bits per heavy atom. The van der Waals surface area contributed by atoms with Crippen LogP contribution >= 0.6 is 0 Å². The molecule has 0 heterocycles. The van der Waals surface area contributed by atoms with E-state index in [9.17, 15) is 9.59 Å². The SMILES string of the molecule is CCCN(CCC)C(=O)CCCC(=O)NCC(C)(C)N. The van der Waals surface area contributed by atoms with Crippen molar-refractivity contribution in [2.24, 2.45) is 5.73 Å². The lowest BCUT2D eigenvalue weighted by Crippen LogP contribution is -2.45. The molecule has 20 heavy (non-hydrogen) atoms. The number of carbonyl (C=O) groups excluding carboxylic acids is 2. The van der Waals surface area contributed by atoms with Crippen molar-refractivity contribution in [1.29, 1.82) is 0 Å². The first-order chi connectivity index (χ1) is 9.30. The monoisotopic (exact) mass is 285 g/mol. The Hall–Kier alpha value is -1.10. The highest BCUT2D eigenvalue weighted by atomic mass is 16.2. The van der Waals surface area contributed by atoms with Crippen LogP contribution in [0.15, 0.2) is 0 Å². The largest absolute Gasteiger partial charge is 0.354 e. The van der Waals surface area contributed by atoms with Gasteiger partial charge in [0, 0.05) is 38.0 Å². The molecule has 118 valence electrons. The quantitative estimate of drug-likeness (QED) is 0.641. The van der Waals surface area contributed by atoms with E-state index in [0.717, 1.165) is 25.9 Å². The van der Waals surface area contributed by atoms with Crippen LogP contribution in [-0.4, -0.2) is 41.9 Å². The molecule has 0 aliphatic heterocycles. The van der Waals surface area contributed by atoms with Gasteiger partial charge in [-0.05, 0) is 33.1 Å². The Kier molecular flexibility index (Phi) is 9.21. The topological polar surface area (TPSA) is 75.4 Å². The van der Waals surface area contributed by atoms with Crippen molar-refractivity contribution < 1.29 is 9.59 Å². The van der Waals surface area contributed by atoms with Crippen LogP contribution in [0.4, 0.5) is 0 Å². The van der Waals surface area contributed by atoms with Crippen LogP contribution in [0.5, 0.6) is 0 Å². The molecule has 0 unspecified atom stereocenters. The average molecular weight is 285 g/mol. The fourth-order valence-electron chi connectivity index (χ4n) is 1.87. The average Bonchev–Trinajstić information content (AvgIpc) is 2.35. The fourth-order valence-corrected chi connectivity index (χ4v) is 1.87. The maximum Gasteiger partial charge on any atom is 0.222 e. The van der Waals surface area contributed by atoms with E-state index >= 15 is 0 Å². The Balaban J connectivity index is 3.91. The summed E-state index contributed by atoms with van der Waals surface area (Å²) in [6, 6.07) is 0. The number of amides is 2. The minimum absolute atomic E-state index is 0.0335. The second-order valence-electron chi connectivity index (χ2n) is 6.00. The number of hydrogen-bond acceptors (Lipinski definition) is 3. The molecular formula is C15H31N3O2. The molecule has 5 heteroatoms. The summed E-state index contributed by atoms with van der Waals surface area (Å²) in [5.74, 6) is 0.120. The molecule has 0 bridgehead atoms. The van der Waals surface area contributed by atoms with E-state index in [1.807, 2.05) is 18.7 Å². The zero-order chi connectivity index (χ0) is 15.6. The van der Waals surface area contributed by atoms with Crippen LogP contribution in [-0.2, 0) is 9.59 Å². The normalized spacial score (nSPS) is 11.2. The third-order valence-electron chi connectivity index (χ3n) is 2.88. The Morgan fingerprint density at radius 2 is 1.65 bits per heavy atom. The van der Waals surface area contributed by atoms with Crippen molar-refractivity contribution in [1.82, 2.24) is 10.2 Å². The van der Waals surface area contributed by atoms with Crippen molar-refractivity contribution in [2.45, 2.75) is 65.3 Å². The zero-order valence-electron chi connectivity index (χ0n) is 13.5. The van der Waals surface area contributed by atoms with E-state index in [4.69, 9.17) is 5.73 Å². The van der Waals surface area contributed by atoms with Gasteiger partial charge in [-0.25, -0.2) is 0 Å². The molecule has 0 radical (unpaired) electrons. The molecule has 0 fully saturated rings. The summed E-state index contributed by atoms with van der Waals surface area (Å²) in [6.45, 7) is 9.93. The maximum absolute atomic E-state index is 12.0. The molecule has 0 saturated heterocycles. The minimum atomic E-state index is -0.398. The predicted molar refractivity (Wildman–Crippen MR) is 82.3 cm³/mol. The van der Waals surface area contributed by atoms with Crippen LogP contribution in [0.3, 0.4) is 0 Å². The summed E-state index contributed by atoms with van der Waals surface area (Å²) in [5, 5.41) is 2.79. The van der Waals surface area contributed by atoms with Gasteiger partial charge in [0.15, 0.2) is 0 Å². The van der Waals surface area contributed by atoms with Crippen molar-refractivity contribution >= 4 is 11.8 Å². The Labute approximate surface area is 123 Å². The van der Waals surface area contributed by atoms with Crippen LogP contribution in [0, 0.1) is 0 Å². The highest BCUT2D eigenvalue weighted by Gasteiger charge is 2.14. The third kappa shape index (κ3) is 9.78. The van der Waals surface area contributed by atoms with Crippen LogP contribution in [0.1, 0.15) is 59.8 Å². The summed E-state index contributed by atoms with van der Waals surface area (Å²) in [4.78, 5) is 25.5. The van der Waals surface area contributed by atoms with Crippen LogP contribution in [0.2, 0.25) is 0 Å². The van der Waals surface area contributed by atoms with Crippen molar-refractivity contribution in [3.05, 3.63) is 0 Å². The first kappa shape index (κ1) is 18.9. The second kappa shape index (κ2) is 9.75. The molecule has 0 rings (SSSR count). The van der Waals surface area contributed by atoms with Gasteiger partial charge in [0.25, 0.3) is 0 Å². The molecule has 0 saturated carbocycles. The number of hydrogen-bond donors (Lipinski definition) is 2. The molecule has 0 aliphatic carbocycles. The van der Waals surface area contributed by atoms with Gasteiger partial charge in [0.2, 0.25) is 11.8 Å². The van der Waals surface area contributed by atoms with Gasteiger partial charge in [-0.15, -0.1) is 0 Å².